The Kier molecular flexibility index (Phi) is 3.83. The van der Waals surface area contributed by atoms with Crippen molar-refractivity contribution < 1.29 is 19.2 Å². The van der Waals surface area contributed by atoms with Crippen molar-refractivity contribution in [2.75, 3.05) is 37.0 Å². The number of para-hydroxylation sites is 1. The normalized spacial score (nSPS) is 24.6. The largest absolute Gasteiger partial charge is 0.486 e. The zero-order chi connectivity index (χ0) is 17.6. The Labute approximate surface area is 156 Å². The summed E-state index contributed by atoms with van der Waals surface area (Å²) in [5, 5.41) is 13.0. The van der Waals surface area contributed by atoms with Crippen LogP contribution in [-0.2, 0) is 5.72 Å². The van der Waals surface area contributed by atoms with Gasteiger partial charge in [-0.3, -0.25) is 0 Å². The number of aliphatic hydroxyl groups is 1. The van der Waals surface area contributed by atoms with Crippen LogP contribution in [0.25, 0.3) is 0 Å². The van der Waals surface area contributed by atoms with Crippen LogP contribution in [-0.4, -0.2) is 46.9 Å². The van der Waals surface area contributed by atoms with Crippen molar-refractivity contribution in [1.82, 2.24) is 0 Å². The number of thioether (sulfide) groups is 1. The summed E-state index contributed by atoms with van der Waals surface area (Å²) in [6, 6.07) is 15.9. The molecule has 0 spiro atoms. The van der Waals surface area contributed by atoms with Crippen LogP contribution in [0.5, 0.6) is 11.5 Å². The third-order valence-corrected chi connectivity index (χ3v) is 6.26. The zero-order valence-electron chi connectivity index (χ0n) is 14.4. The molecule has 3 aliphatic rings. The second-order valence-electron chi connectivity index (χ2n) is 6.75. The molecule has 3 aliphatic heterocycles. The molecule has 5 rings (SSSR count). The van der Waals surface area contributed by atoms with Crippen LogP contribution < -0.4 is 14.4 Å². The maximum absolute atomic E-state index is 11.9. The lowest BCUT2D eigenvalue weighted by Gasteiger charge is -2.29. The molecular weight excluding hydrogens is 348 g/mol. The van der Waals surface area contributed by atoms with Gasteiger partial charge in [0.25, 0.3) is 5.72 Å². The first kappa shape index (κ1) is 16.0. The number of fused-ring (bicyclic) bond motifs is 1. The number of rotatable bonds is 2. The molecule has 1 N–H and O–H groups in total. The predicted molar refractivity (Wildman–Crippen MR) is 102 cm³/mol. The average Bonchev–Trinajstić information content (AvgIpc) is 3.01. The third kappa shape index (κ3) is 2.47. The molecule has 6 heteroatoms. The molecule has 2 aromatic rings. The van der Waals surface area contributed by atoms with Gasteiger partial charge in [-0.25, -0.2) is 4.58 Å². The highest BCUT2D eigenvalue weighted by atomic mass is 32.2. The van der Waals surface area contributed by atoms with Gasteiger partial charge in [0.15, 0.2) is 18.0 Å². The van der Waals surface area contributed by atoms with Crippen molar-refractivity contribution >= 4 is 22.6 Å². The van der Waals surface area contributed by atoms with Gasteiger partial charge >= 0.3 is 5.17 Å². The van der Waals surface area contributed by atoms with Crippen LogP contribution >= 0.6 is 11.8 Å². The molecule has 0 aliphatic carbocycles. The maximum Gasteiger partial charge on any atom is 0.316 e. The van der Waals surface area contributed by atoms with Crippen molar-refractivity contribution in [2.45, 2.75) is 12.1 Å². The molecule has 0 unspecified atom stereocenters. The Balaban J connectivity index is 1.62. The number of hydrogen-bond donors (Lipinski definition) is 1. The number of benzene rings is 2. The number of hydrogen-bond acceptors (Lipinski definition) is 5. The lowest BCUT2D eigenvalue weighted by atomic mass is 10.00. The monoisotopic (exact) mass is 369 g/mol. The number of anilines is 1. The van der Waals surface area contributed by atoms with E-state index < -0.39 is 5.72 Å². The maximum atomic E-state index is 11.9. The number of nitrogens with zero attached hydrogens (tertiary/aromatic N) is 2. The molecule has 0 bridgehead atoms. The van der Waals surface area contributed by atoms with E-state index in [1.807, 2.05) is 48.2 Å². The second-order valence-corrected chi connectivity index (χ2v) is 7.81. The molecule has 0 aromatic heterocycles. The molecule has 0 saturated carbocycles. The Morgan fingerprint density at radius 2 is 1.85 bits per heavy atom. The Morgan fingerprint density at radius 3 is 2.69 bits per heavy atom. The van der Waals surface area contributed by atoms with Gasteiger partial charge in [0.05, 0.1) is 6.54 Å². The minimum atomic E-state index is -1.14. The van der Waals surface area contributed by atoms with E-state index in [-0.39, 0.29) is 0 Å². The van der Waals surface area contributed by atoms with Crippen LogP contribution in [0.1, 0.15) is 12.0 Å². The van der Waals surface area contributed by atoms with Gasteiger partial charge < -0.3 is 14.6 Å². The van der Waals surface area contributed by atoms with Crippen LogP contribution in [0.15, 0.2) is 48.5 Å². The minimum Gasteiger partial charge on any atom is -0.486 e. The second kappa shape index (κ2) is 6.21. The summed E-state index contributed by atoms with van der Waals surface area (Å²) < 4.78 is 13.7. The van der Waals surface area contributed by atoms with Crippen LogP contribution in [0.2, 0.25) is 0 Å². The van der Waals surface area contributed by atoms with E-state index in [0.29, 0.717) is 25.5 Å². The van der Waals surface area contributed by atoms with E-state index in [2.05, 4.69) is 21.6 Å². The molecule has 26 heavy (non-hydrogen) atoms. The Bertz CT molecular complexity index is 871. The summed E-state index contributed by atoms with van der Waals surface area (Å²) in [7, 11) is 0. The standard InChI is InChI=1S/C20H21N2O3S/c23-20(15-7-8-17-18(13-15)25-11-10-24-17)14-21-9-4-12-26-19(21)22(20)16-5-2-1-3-6-16/h1-3,5-8,13,23H,4,9-12,14H2/q+1/t20-/m1/s1. The molecule has 1 atom stereocenters. The molecule has 3 heterocycles. The van der Waals surface area contributed by atoms with E-state index in [9.17, 15) is 5.11 Å². The third-order valence-electron chi connectivity index (χ3n) is 5.07. The quantitative estimate of drug-likeness (QED) is 0.825. The highest BCUT2D eigenvalue weighted by Crippen LogP contribution is 2.42. The zero-order valence-corrected chi connectivity index (χ0v) is 15.2. The summed E-state index contributed by atoms with van der Waals surface area (Å²) in [6.45, 7) is 2.62. The fourth-order valence-corrected chi connectivity index (χ4v) is 5.05. The van der Waals surface area contributed by atoms with Crippen LogP contribution in [0.4, 0.5) is 5.69 Å². The first-order valence-corrected chi connectivity index (χ1v) is 9.97. The molecular formula is C20H21N2O3S+. The highest BCUT2D eigenvalue weighted by molar-refractivity contribution is 8.14. The van der Waals surface area contributed by atoms with Gasteiger partial charge in [0.2, 0.25) is 0 Å². The molecule has 0 radical (unpaired) electrons. The molecule has 0 fully saturated rings. The molecule has 5 nitrogen and oxygen atoms in total. The number of amidine groups is 1. The summed E-state index contributed by atoms with van der Waals surface area (Å²) in [5.41, 5.74) is 0.689. The summed E-state index contributed by atoms with van der Waals surface area (Å²) in [6.07, 6.45) is 1.13. The van der Waals surface area contributed by atoms with Gasteiger partial charge in [-0.15, -0.1) is 0 Å². The molecule has 0 amide bonds. The van der Waals surface area contributed by atoms with Gasteiger partial charge in [0.1, 0.15) is 18.9 Å². The predicted octanol–water partition coefficient (Wildman–Crippen LogP) is 2.63. The fourth-order valence-electron chi connectivity index (χ4n) is 3.87. The van der Waals surface area contributed by atoms with Crippen molar-refractivity contribution in [3.63, 3.8) is 0 Å². The molecule has 134 valence electrons. The first-order valence-electron chi connectivity index (χ1n) is 8.98. The van der Waals surface area contributed by atoms with Gasteiger partial charge in [-0.1, -0.05) is 18.2 Å². The smallest absolute Gasteiger partial charge is 0.316 e. The van der Waals surface area contributed by atoms with E-state index >= 15 is 0 Å². The summed E-state index contributed by atoms with van der Waals surface area (Å²) in [5.74, 6) is 2.53. The Morgan fingerprint density at radius 1 is 1.04 bits per heavy atom. The van der Waals surface area contributed by atoms with Gasteiger partial charge in [0, 0.05) is 11.3 Å². The topological polar surface area (TPSA) is 44.9 Å². The SMILES string of the molecule is O[C@@]1(c2ccc3c(c2)OCCO3)C[N+]2=C(SCCC2)N1c1ccccc1. The minimum absolute atomic E-state index is 0.538. The van der Waals surface area contributed by atoms with Crippen molar-refractivity contribution in [2.24, 2.45) is 0 Å². The lowest BCUT2D eigenvalue weighted by Crippen LogP contribution is -2.46. The first-order chi connectivity index (χ1) is 12.8. The summed E-state index contributed by atoms with van der Waals surface area (Å²) >= 11 is 1.82. The van der Waals surface area contributed by atoms with Crippen molar-refractivity contribution in [3.05, 3.63) is 54.1 Å². The van der Waals surface area contributed by atoms with Gasteiger partial charge in [-0.2, -0.15) is 4.90 Å². The van der Waals surface area contributed by atoms with E-state index in [1.165, 1.54) is 0 Å². The van der Waals surface area contributed by atoms with Crippen LogP contribution in [0, 0.1) is 0 Å². The van der Waals surface area contributed by atoms with E-state index in [1.54, 1.807) is 0 Å². The van der Waals surface area contributed by atoms with E-state index in [4.69, 9.17) is 9.47 Å². The van der Waals surface area contributed by atoms with Crippen LogP contribution in [0.3, 0.4) is 0 Å². The summed E-state index contributed by atoms with van der Waals surface area (Å²) in [4.78, 5) is 2.07. The molecule has 0 saturated heterocycles. The highest BCUT2D eigenvalue weighted by Gasteiger charge is 2.55. The lowest BCUT2D eigenvalue weighted by molar-refractivity contribution is -0.532. The number of ether oxygens (including phenoxy) is 2. The Hall–Kier alpha value is -2.18. The average molecular weight is 369 g/mol. The fraction of sp³-hybridized carbons (Fsp3) is 0.350. The van der Waals surface area contributed by atoms with Crippen molar-refractivity contribution in [3.8, 4) is 11.5 Å². The van der Waals surface area contributed by atoms with Gasteiger partial charge in [-0.05, 0) is 48.5 Å². The van der Waals surface area contributed by atoms with E-state index in [0.717, 1.165) is 40.9 Å². The van der Waals surface area contributed by atoms with Crippen molar-refractivity contribution in [1.29, 1.82) is 0 Å². The molecule has 2 aromatic carbocycles.